The highest BCUT2D eigenvalue weighted by molar-refractivity contribution is 6.07. The van der Waals surface area contributed by atoms with Gasteiger partial charge in [-0.25, -0.2) is 4.79 Å². The van der Waals surface area contributed by atoms with E-state index < -0.39 is 5.54 Å². The first-order valence-electron chi connectivity index (χ1n) is 8.45. The van der Waals surface area contributed by atoms with E-state index in [9.17, 15) is 9.59 Å². The van der Waals surface area contributed by atoms with Crippen molar-refractivity contribution in [2.24, 2.45) is 0 Å². The molecule has 1 unspecified atom stereocenters. The largest absolute Gasteiger partial charge is 0.395 e. The van der Waals surface area contributed by atoms with Crippen LogP contribution in [0.15, 0.2) is 30.3 Å². The zero-order valence-electron chi connectivity index (χ0n) is 15.1. The van der Waals surface area contributed by atoms with Crippen LogP contribution in [0, 0.1) is 0 Å². The summed E-state index contributed by atoms with van der Waals surface area (Å²) in [5, 5.41) is 10.8. The summed E-state index contributed by atoms with van der Waals surface area (Å²) in [6.45, 7) is 9.27. The molecule has 0 radical (unpaired) electrons. The van der Waals surface area contributed by atoms with Gasteiger partial charge in [0.1, 0.15) is 5.54 Å². The lowest BCUT2D eigenvalue weighted by molar-refractivity contribution is -0.126. The highest BCUT2D eigenvalue weighted by Gasteiger charge is 2.50. The van der Waals surface area contributed by atoms with Gasteiger partial charge in [-0.15, -0.1) is 0 Å². The lowest BCUT2D eigenvalue weighted by atomic mass is 9.86. The molecule has 0 aromatic heterocycles. The number of nitrogens with zero attached hydrogens (tertiary/aromatic N) is 2. The van der Waals surface area contributed by atoms with Gasteiger partial charge in [0.05, 0.1) is 6.61 Å². The third kappa shape index (κ3) is 4.13. The van der Waals surface area contributed by atoms with Crippen molar-refractivity contribution in [2.45, 2.75) is 32.7 Å². The second-order valence-corrected chi connectivity index (χ2v) is 5.65. The molecule has 0 saturated carbocycles. The fraction of sp³-hybridized carbons (Fsp3) is 0.556. The fourth-order valence-corrected chi connectivity index (χ4v) is 2.93. The van der Waals surface area contributed by atoms with E-state index in [0.29, 0.717) is 6.42 Å². The number of amides is 3. The third-order valence-electron chi connectivity index (χ3n) is 4.55. The lowest BCUT2D eigenvalue weighted by Crippen LogP contribution is -2.44. The first-order valence-corrected chi connectivity index (χ1v) is 8.45. The molecule has 1 aromatic carbocycles. The summed E-state index contributed by atoms with van der Waals surface area (Å²) in [4.78, 5) is 27.2. The second-order valence-electron chi connectivity index (χ2n) is 5.65. The standard InChI is InChI=1S/C12H14N2O2.C6H15NO/c1-3-12(9-7-5-4-6-8-9)10(15)13-11(16)14(12)2;1-3-7(4-2)5-6-8/h4-8H,3H2,1-2H3,(H,13,15,16);8H,3-6H2,1-2H3. The zero-order valence-corrected chi connectivity index (χ0v) is 15.1. The molecule has 1 fully saturated rings. The number of likely N-dealkylation sites (N-methyl/N-ethyl adjacent to an activating group) is 2. The summed E-state index contributed by atoms with van der Waals surface area (Å²) >= 11 is 0. The summed E-state index contributed by atoms with van der Waals surface area (Å²) in [5.41, 5.74) is 0.00146. The minimum Gasteiger partial charge on any atom is -0.395 e. The molecule has 6 nitrogen and oxygen atoms in total. The maximum Gasteiger partial charge on any atom is 0.325 e. The quantitative estimate of drug-likeness (QED) is 0.778. The Hall–Kier alpha value is -1.92. The molecular weight excluding hydrogens is 306 g/mol. The minimum atomic E-state index is -0.849. The Kier molecular flexibility index (Phi) is 7.88. The van der Waals surface area contributed by atoms with E-state index in [4.69, 9.17) is 5.11 Å². The first-order chi connectivity index (χ1) is 11.5. The zero-order chi connectivity index (χ0) is 18.2. The molecular formula is C18H29N3O3. The molecule has 0 aliphatic carbocycles. The van der Waals surface area contributed by atoms with Gasteiger partial charge in [-0.2, -0.15) is 0 Å². The van der Waals surface area contributed by atoms with Crippen LogP contribution in [-0.4, -0.2) is 60.1 Å². The van der Waals surface area contributed by atoms with Crippen LogP contribution in [0.25, 0.3) is 0 Å². The van der Waals surface area contributed by atoms with Gasteiger partial charge in [-0.1, -0.05) is 51.1 Å². The molecule has 1 aromatic rings. The van der Waals surface area contributed by atoms with Crippen molar-refractivity contribution >= 4 is 11.9 Å². The third-order valence-corrected chi connectivity index (χ3v) is 4.55. The summed E-state index contributed by atoms with van der Waals surface area (Å²) < 4.78 is 0. The Morgan fingerprint density at radius 3 is 2.04 bits per heavy atom. The molecule has 0 bridgehead atoms. The van der Waals surface area contributed by atoms with Gasteiger partial charge >= 0.3 is 6.03 Å². The number of rotatable bonds is 6. The van der Waals surface area contributed by atoms with Crippen LogP contribution >= 0.6 is 0 Å². The molecule has 1 aliphatic heterocycles. The predicted octanol–water partition coefficient (Wildman–Crippen LogP) is 1.79. The highest BCUT2D eigenvalue weighted by Crippen LogP contribution is 2.34. The number of urea groups is 1. The summed E-state index contributed by atoms with van der Waals surface area (Å²) in [7, 11) is 1.65. The predicted molar refractivity (Wildman–Crippen MR) is 94.6 cm³/mol. The van der Waals surface area contributed by atoms with Crippen LogP contribution in [-0.2, 0) is 10.3 Å². The van der Waals surface area contributed by atoms with E-state index in [-0.39, 0.29) is 18.5 Å². The molecule has 2 N–H and O–H groups in total. The Morgan fingerprint density at radius 2 is 1.71 bits per heavy atom. The van der Waals surface area contributed by atoms with Gasteiger partial charge in [-0.3, -0.25) is 10.1 Å². The van der Waals surface area contributed by atoms with Crippen LogP contribution in [0.3, 0.4) is 0 Å². The summed E-state index contributed by atoms with van der Waals surface area (Å²) in [6, 6.07) is 9.04. The number of aliphatic hydroxyl groups excluding tert-OH is 1. The van der Waals surface area contributed by atoms with E-state index in [1.165, 1.54) is 4.90 Å². The van der Waals surface area contributed by atoms with Gasteiger partial charge in [0.25, 0.3) is 5.91 Å². The number of benzene rings is 1. The SMILES string of the molecule is CCC1(c2ccccc2)C(=O)NC(=O)N1C.CCN(CC)CCO. The van der Waals surface area contributed by atoms with Gasteiger partial charge in [0.2, 0.25) is 0 Å². The average molecular weight is 335 g/mol. The van der Waals surface area contributed by atoms with Crippen molar-refractivity contribution in [1.29, 1.82) is 0 Å². The number of imide groups is 1. The van der Waals surface area contributed by atoms with E-state index in [1.807, 2.05) is 37.3 Å². The molecule has 1 heterocycles. The Morgan fingerprint density at radius 1 is 1.12 bits per heavy atom. The Balaban J connectivity index is 0.000000307. The smallest absolute Gasteiger partial charge is 0.325 e. The molecule has 1 saturated heterocycles. The van der Waals surface area contributed by atoms with E-state index in [1.54, 1.807) is 7.05 Å². The van der Waals surface area contributed by atoms with Crippen molar-refractivity contribution in [3.8, 4) is 0 Å². The number of hydrogen-bond donors (Lipinski definition) is 2. The van der Waals surface area contributed by atoms with Crippen LogP contribution in [0.5, 0.6) is 0 Å². The second kappa shape index (κ2) is 9.39. The van der Waals surface area contributed by atoms with E-state index in [0.717, 1.165) is 25.2 Å². The van der Waals surface area contributed by atoms with Crippen LogP contribution in [0.4, 0.5) is 4.79 Å². The topological polar surface area (TPSA) is 72.9 Å². The Labute approximate surface area is 144 Å². The molecule has 24 heavy (non-hydrogen) atoms. The van der Waals surface area contributed by atoms with Gasteiger partial charge in [0, 0.05) is 13.6 Å². The number of carbonyl (C=O) groups excluding carboxylic acids is 2. The summed E-state index contributed by atoms with van der Waals surface area (Å²) in [6.07, 6.45) is 0.561. The average Bonchev–Trinajstić information content (AvgIpc) is 2.83. The lowest BCUT2D eigenvalue weighted by Gasteiger charge is -2.32. The van der Waals surface area contributed by atoms with Crippen molar-refractivity contribution < 1.29 is 14.7 Å². The van der Waals surface area contributed by atoms with E-state index in [2.05, 4.69) is 24.1 Å². The van der Waals surface area contributed by atoms with Gasteiger partial charge in [-0.05, 0) is 25.1 Å². The van der Waals surface area contributed by atoms with Gasteiger partial charge < -0.3 is 14.9 Å². The van der Waals surface area contributed by atoms with Crippen molar-refractivity contribution in [3.05, 3.63) is 35.9 Å². The van der Waals surface area contributed by atoms with E-state index >= 15 is 0 Å². The van der Waals surface area contributed by atoms with Crippen LogP contribution in [0.1, 0.15) is 32.8 Å². The number of hydrogen-bond acceptors (Lipinski definition) is 4. The molecule has 1 aliphatic rings. The highest BCUT2D eigenvalue weighted by atomic mass is 16.3. The first kappa shape index (κ1) is 20.1. The van der Waals surface area contributed by atoms with Crippen LogP contribution in [0.2, 0.25) is 0 Å². The number of carbonyl (C=O) groups is 2. The molecule has 0 spiro atoms. The van der Waals surface area contributed by atoms with Crippen LogP contribution < -0.4 is 5.32 Å². The molecule has 134 valence electrons. The molecule has 2 rings (SSSR count). The molecule has 6 heteroatoms. The minimum absolute atomic E-state index is 0.242. The monoisotopic (exact) mass is 335 g/mol. The molecule has 1 atom stereocenters. The van der Waals surface area contributed by atoms with Crippen molar-refractivity contribution in [1.82, 2.24) is 15.1 Å². The Bertz CT molecular complexity index is 532. The fourth-order valence-electron chi connectivity index (χ4n) is 2.93. The summed E-state index contributed by atoms with van der Waals surface area (Å²) in [5.74, 6) is -0.242. The number of aliphatic hydroxyl groups is 1. The van der Waals surface area contributed by atoms with Crippen molar-refractivity contribution in [3.63, 3.8) is 0 Å². The van der Waals surface area contributed by atoms with Crippen molar-refractivity contribution in [2.75, 3.05) is 33.3 Å². The normalized spacial score (nSPS) is 20.0. The maximum absolute atomic E-state index is 12.0. The number of nitrogens with one attached hydrogen (secondary N) is 1. The molecule has 3 amide bonds. The van der Waals surface area contributed by atoms with Gasteiger partial charge in [0.15, 0.2) is 0 Å². The maximum atomic E-state index is 12.0.